The molecule has 5 heteroatoms. The van der Waals surface area contributed by atoms with Crippen LogP contribution in [0.2, 0.25) is 0 Å². The lowest BCUT2D eigenvalue weighted by atomic mass is 10.1. The second-order valence-electron chi connectivity index (χ2n) is 5.86. The van der Waals surface area contributed by atoms with Crippen LogP contribution in [0, 0.1) is 13.8 Å². The Balaban J connectivity index is 2.29. The molecule has 3 aromatic rings. The van der Waals surface area contributed by atoms with Crippen molar-refractivity contribution in [1.82, 2.24) is 4.98 Å². The first kappa shape index (κ1) is 15.2. The number of rotatable bonds is 2. The molecule has 0 N–H and O–H groups in total. The quantitative estimate of drug-likeness (QED) is 0.535. The van der Waals surface area contributed by atoms with E-state index in [9.17, 15) is 9.59 Å². The number of esters is 1. The van der Waals surface area contributed by atoms with Gasteiger partial charge in [-0.25, -0.2) is 9.78 Å². The number of pyridine rings is 1. The summed E-state index contributed by atoms with van der Waals surface area (Å²) in [5.74, 6) is -0.490. The first-order valence-corrected chi connectivity index (χ1v) is 7.42. The molecule has 0 unspecified atom stereocenters. The highest BCUT2D eigenvalue weighted by Gasteiger charge is 2.18. The third kappa shape index (κ3) is 2.70. The van der Waals surface area contributed by atoms with Gasteiger partial charge in [0.25, 0.3) is 0 Å². The summed E-state index contributed by atoms with van der Waals surface area (Å²) in [7, 11) is 0. The second-order valence-corrected chi connectivity index (χ2v) is 5.86. The second kappa shape index (κ2) is 5.50. The van der Waals surface area contributed by atoms with E-state index in [2.05, 4.69) is 4.98 Å². The maximum absolute atomic E-state index is 12.7. The number of aryl methyl sites for hydroxylation is 2. The van der Waals surface area contributed by atoms with Gasteiger partial charge >= 0.3 is 5.97 Å². The van der Waals surface area contributed by atoms with Crippen LogP contribution in [0.4, 0.5) is 0 Å². The van der Waals surface area contributed by atoms with Crippen molar-refractivity contribution >= 4 is 28.0 Å². The molecule has 2 aromatic heterocycles. The van der Waals surface area contributed by atoms with Gasteiger partial charge in [-0.2, -0.15) is 0 Å². The molecule has 0 spiro atoms. The molecule has 0 radical (unpaired) electrons. The number of carbonyl (C=O) groups is 1. The van der Waals surface area contributed by atoms with Crippen molar-refractivity contribution in [2.24, 2.45) is 0 Å². The van der Waals surface area contributed by atoms with Crippen molar-refractivity contribution in [2.45, 2.75) is 33.8 Å². The van der Waals surface area contributed by atoms with Crippen LogP contribution in [0.5, 0.6) is 0 Å². The maximum atomic E-state index is 12.7. The summed E-state index contributed by atoms with van der Waals surface area (Å²) < 4.78 is 10.9. The molecular weight excluding hydrogens is 294 g/mol. The molecule has 0 saturated heterocycles. The molecule has 118 valence electrons. The molecule has 5 nitrogen and oxygen atoms in total. The zero-order chi connectivity index (χ0) is 16.7. The highest BCUT2D eigenvalue weighted by atomic mass is 16.5. The van der Waals surface area contributed by atoms with Gasteiger partial charge < -0.3 is 9.15 Å². The van der Waals surface area contributed by atoms with Crippen LogP contribution >= 0.6 is 0 Å². The highest BCUT2D eigenvalue weighted by molar-refractivity contribution is 5.96. The minimum absolute atomic E-state index is 0.198. The van der Waals surface area contributed by atoms with E-state index in [0.29, 0.717) is 16.7 Å². The Morgan fingerprint density at radius 3 is 2.61 bits per heavy atom. The average molecular weight is 311 g/mol. The van der Waals surface area contributed by atoms with Gasteiger partial charge in [-0.15, -0.1) is 0 Å². The molecular formula is C18H17NO4. The smallest absolute Gasteiger partial charge is 0.340 e. The minimum atomic E-state index is -0.490. The van der Waals surface area contributed by atoms with Crippen molar-refractivity contribution in [2.75, 3.05) is 0 Å². The first-order valence-electron chi connectivity index (χ1n) is 7.42. The van der Waals surface area contributed by atoms with Crippen LogP contribution in [-0.2, 0) is 4.74 Å². The molecule has 0 aliphatic carbocycles. The van der Waals surface area contributed by atoms with Gasteiger partial charge in [-0.05, 0) is 45.9 Å². The van der Waals surface area contributed by atoms with Gasteiger partial charge in [0.15, 0.2) is 0 Å². The minimum Gasteiger partial charge on any atom is -0.459 e. The summed E-state index contributed by atoms with van der Waals surface area (Å²) in [5, 5.41) is 0.760. The van der Waals surface area contributed by atoms with E-state index in [-0.39, 0.29) is 28.2 Å². The summed E-state index contributed by atoms with van der Waals surface area (Å²) in [6, 6.07) is 6.91. The van der Waals surface area contributed by atoms with E-state index in [4.69, 9.17) is 9.15 Å². The zero-order valence-electron chi connectivity index (χ0n) is 13.5. The van der Waals surface area contributed by atoms with Crippen LogP contribution < -0.4 is 5.43 Å². The molecule has 1 aromatic carbocycles. The average Bonchev–Trinajstić information content (AvgIpc) is 2.47. The molecule has 0 saturated carbocycles. The van der Waals surface area contributed by atoms with Crippen LogP contribution in [-0.4, -0.2) is 17.1 Å². The summed E-state index contributed by atoms with van der Waals surface area (Å²) in [4.78, 5) is 29.1. The topological polar surface area (TPSA) is 69.4 Å². The number of aromatic nitrogens is 1. The van der Waals surface area contributed by atoms with Crippen molar-refractivity contribution in [3.63, 3.8) is 0 Å². The summed E-state index contributed by atoms with van der Waals surface area (Å²) >= 11 is 0. The predicted molar refractivity (Wildman–Crippen MR) is 87.8 cm³/mol. The Hall–Kier alpha value is -2.69. The Morgan fingerprint density at radius 2 is 1.91 bits per heavy atom. The number of ether oxygens (including phenoxy) is 1. The van der Waals surface area contributed by atoms with Crippen LogP contribution in [0.25, 0.3) is 22.1 Å². The summed E-state index contributed by atoms with van der Waals surface area (Å²) in [6.07, 6.45) is -0.242. The first-order chi connectivity index (χ1) is 10.9. The van der Waals surface area contributed by atoms with Crippen LogP contribution in [0.15, 0.2) is 33.5 Å². The van der Waals surface area contributed by atoms with Gasteiger partial charge in [0, 0.05) is 0 Å². The number of nitrogens with zero attached hydrogens (tertiary/aromatic N) is 1. The van der Waals surface area contributed by atoms with E-state index < -0.39 is 5.97 Å². The zero-order valence-corrected chi connectivity index (χ0v) is 13.5. The van der Waals surface area contributed by atoms with Crippen molar-refractivity contribution in [1.29, 1.82) is 0 Å². The van der Waals surface area contributed by atoms with E-state index >= 15 is 0 Å². The molecule has 0 amide bonds. The van der Waals surface area contributed by atoms with Gasteiger partial charge in [0.1, 0.15) is 5.58 Å². The molecule has 0 atom stereocenters. The fraction of sp³-hybridized carbons (Fsp3) is 0.278. The lowest BCUT2D eigenvalue weighted by molar-refractivity contribution is 0.0376. The number of carbonyl (C=O) groups excluding carboxylic acids is 1. The lowest BCUT2D eigenvalue weighted by Gasteiger charge is -2.10. The fourth-order valence-corrected chi connectivity index (χ4v) is 2.47. The number of benzene rings is 1. The predicted octanol–water partition coefficient (Wildman–Crippen LogP) is 3.52. The summed E-state index contributed by atoms with van der Waals surface area (Å²) in [5.41, 5.74) is 2.23. The van der Waals surface area contributed by atoms with Gasteiger partial charge in [-0.1, -0.05) is 11.6 Å². The van der Waals surface area contributed by atoms with Crippen LogP contribution in [0.1, 0.15) is 35.5 Å². The Kier molecular flexibility index (Phi) is 3.64. The standard InChI is InChI=1S/C18H17NO4/c1-9(2)22-18(21)12-8-14-16(20)13-7-10(3)5-6-15(13)23-17(14)19-11(12)4/h5-9H,1-4H3. The normalized spacial score (nSPS) is 11.3. The van der Waals surface area contributed by atoms with E-state index in [1.54, 1.807) is 32.9 Å². The molecule has 0 bridgehead atoms. The molecule has 2 heterocycles. The molecule has 0 fully saturated rings. The number of hydrogen-bond acceptors (Lipinski definition) is 5. The largest absolute Gasteiger partial charge is 0.459 e. The number of hydrogen-bond donors (Lipinski definition) is 0. The SMILES string of the molecule is Cc1ccc2oc3nc(C)c(C(=O)OC(C)C)cc3c(=O)c2c1. The van der Waals surface area contributed by atoms with Gasteiger partial charge in [-0.3, -0.25) is 4.79 Å². The molecule has 0 aliphatic rings. The van der Waals surface area contributed by atoms with Gasteiger partial charge in [0.05, 0.1) is 28.1 Å². The van der Waals surface area contributed by atoms with Crippen molar-refractivity contribution in [3.05, 3.63) is 51.3 Å². The fourth-order valence-electron chi connectivity index (χ4n) is 2.47. The molecule has 3 rings (SSSR count). The van der Waals surface area contributed by atoms with E-state index in [1.807, 2.05) is 13.0 Å². The van der Waals surface area contributed by atoms with E-state index in [0.717, 1.165) is 5.56 Å². The monoisotopic (exact) mass is 311 g/mol. The number of fused-ring (bicyclic) bond motifs is 2. The van der Waals surface area contributed by atoms with Crippen LogP contribution in [0.3, 0.4) is 0 Å². The van der Waals surface area contributed by atoms with Crippen molar-refractivity contribution in [3.8, 4) is 0 Å². The van der Waals surface area contributed by atoms with E-state index in [1.165, 1.54) is 6.07 Å². The molecule has 23 heavy (non-hydrogen) atoms. The highest BCUT2D eigenvalue weighted by Crippen LogP contribution is 2.21. The Bertz CT molecular complexity index is 986. The summed E-state index contributed by atoms with van der Waals surface area (Å²) in [6.45, 7) is 7.14. The Morgan fingerprint density at radius 1 is 1.17 bits per heavy atom. The van der Waals surface area contributed by atoms with Gasteiger partial charge in [0.2, 0.25) is 11.1 Å². The maximum Gasteiger partial charge on any atom is 0.340 e. The third-order valence-electron chi connectivity index (χ3n) is 3.57. The Labute approximate surface area is 132 Å². The lowest BCUT2D eigenvalue weighted by Crippen LogP contribution is -2.15. The molecule has 0 aliphatic heterocycles. The van der Waals surface area contributed by atoms with Crippen molar-refractivity contribution < 1.29 is 13.9 Å². The third-order valence-corrected chi connectivity index (χ3v) is 3.57.